The molecule has 20 rings (SSSR count). The molecule has 16 aromatic rings. The van der Waals surface area contributed by atoms with Crippen LogP contribution >= 0.6 is 83.2 Å². The summed E-state index contributed by atoms with van der Waals surface area (Å²) in [5.41, 5.74) is 5.19. The van der Waals surface area contributed by atoms with E-state index in [2.05, 4.69) is 72.0 Å². The van der Waals surface area contributed by atoms with E-state index in [4.69, 9.17) is 69.3 Å². The number of aromatic nitrogens is 12. The van der Waals surface area contributed by atoms with Crippen LogP contribution in [0.5, 0.6) is 46.0 Å². The first kappa shape index (κ1) is 110. The van der Waals surface area contributed by atoms with E-state index in [-0.39, 0.29) is 85.3 Å². The van der Waals surface area contributed by atoms with Crippen molar-refractivity contribution in [3.8, 4) is 114 Å². The Balaban J connectivity index is 0.000000183. The van der Waals surface area contributed by atoms with Crippen LogP contribution < -0.4 is 9.47 Å². The highest BCUT2D eigenvalue weighted by Crippen LogP contribution is 2.41. The SMILES string of the molecule is C.CC(=O)Cl.CC(=O)Sc1nnc(-c2ccc(O)cc2O)n1-c1cccc2ccccc12.CN1CCN(C(=O)Cl)CC1.CN1CCN(C(=O)Cl)CC1.CN1CCN(C(=O)Oc2ccc(-c3n[nH]c(=S)n3-c3cccc4ccccc34)c(O)c2)CC1.CN1CCN(C(=O)Oc2ccc(-c3n[nH]c(=S)n3-c3cccc4ccccc34)c(O)c2)CC1.F.F.Oc1ccc(-c2n[nH]c(=S)n2-c2cccc3ccccc23)c(O)c1.[HH]. The molecule has 4 aliphatic heterocycles. The number of aromatic amines is 3. The highest BCUT2D eigenvalue weighted by atomic mass is 35.5. The van der Waals surface area contributed by atoms with Gasteiger partial charge in [0.2, 0.25) is 10.4 Å². The lowest BCUT2D eigenvalue weighted by molar-refractivity contribution is -0.110. The molecule has 754 valence electrons. The van der Waals surface area contributed by atoms with Gasteiger partial charge in [0.05, 0.1) is 45.0 Å². The fourth-order valence-electron chi connectivity index (χ4n) is 15.8. The molecule has 0 atom stereocenters. The molecular weight excluding hydrogens is 1990 g/mol. The van der Waals surface area contributed by atoms with E-state index in [1.165, 1.54) is 50.2 Å². The lowest BCUT2D eigenvalue weighted by atomic mass is 10.1. The molecule has 8 heterocycles. The van der Waals surface area contributed by atoms with Gasteiger partial charge in [-0.15, -0.1) is 10.2 Å². The maximum absolute atomic E-state index is 12.5. The smallest absolute Gasteiger partial charge is 0.415 e. The number of benzene rings is 12. The van der Waals surface area contributed by atoms with Gasteiger partial charge < -0.3 is 79.3 Å². The molecule has 4 amide bonds. The molecule has 4 aliphatic rings. The van der Waals surface area contributed by atoms with Crippen molar-refractivity contribution in [2.75, 3.05) is 133 Å². The number of fused-ring (bicyclic) bond motifs is 4. The van der Waals surface area contributed by atoms with Crippen LogP contribution in [0.1, 0.15) is 22.7 Å². The minimum absolute atomic E-state index is 0. The second-order valence-electron chi connectivity index (χ2n) is 32.9. The Morgan fingerprint density at radius 2 is 0.597 bits per heavy atom. The van der Waals surface area contributed by atoms with Gasteiger partial charge in [-0.25, -0.2) is 9.59 Å². The van der Waals surface area contributed by atoms with Crippen molar-refractivity contribution >= 4 is 160 Å². The Hall–Kier alpha value is -14.6. The van der Waals surface area contributed by atoms with Crippen molar-refractivity contribution in [2.45, 2.75) is 26.4 Å². The average Bonchev–Trinajstić information content (AvgIpc) is 1.66. The van der Waals surface area contributed by atoms with Crippen molar-refractivity contribution in [2.24, 2.45) is 0 Å². The normalized spacial score (nSPS) is 13.7. The summed E-state index contributed by atoms with van der Waals surface area (Å²) in [7, 11) is 8.12. The van der Waals surface area contributed by atoms with Gasteiger partial charge in [-0.1, -0.05) is 153 Å². The number of halogens is 5. The van der Waals surface area contributed by atoms with Crippen LogP contribution in [-0.4, -0.2) is 295 Å². The minimum atomic E-state index is -0.423. The highest BCUT2D eigenvalue weighted by molar-refractivity contribution is 8.13. The predicted octanol–water partition coefficient (Wildman–Crippen LogP) is 19.8. The number of carbonyl (C=O) groups excluding carboxylic acids is 6. The topological polar surface area (TPSA) is 400 Å². The maximum atomic E-state index is 12.5. The third-order valence-corrected chi connectivity index (χ3v) is 25.3. The molecule has 4 fully saturated rings. The Labute approximate surface area is 862 Å². The van der Waals surface area contributed by atoms with Crippen LogP contribution in [0.25, 0.3) is 111 Å². The number of carbonyl (C=O) groups is 6. The molecule has 0 aliphatic carbocycles. The number of rotatable bonds is 11. The zero-order valence-corrected chi connectivity index (χ0v) is 83.6. The van der Waals surface area contributed by atoms with E-state index in [9.17, 15) is 59.4 Å². The average molecular weight is 2100 g/mol. The number of aromatic hydroxyl groups is 6. The van der Waals surface area contributed by atoms with E-state index in [0.717, 1.165) is 156 Å². The number of piperazine rings is 4. The monoisotopic (exact) mass is 2090 g/mol. The first-order chi connectivity index (χ1) is 67.8. The van der Waals surface area contributed by atoms with Crippen molar-refractivity contribution in [3.05, 3.63) is 257 Å². The molecule has 0 saturated carbocycles. The van der Waals surface area contributed by atoms with Gasteiger partial charge in [0.1, 0.15) is 46.0 Å². The third kappa shape index (κ3) is 27.2. The van der Waals surface area contributed by atoms with Gasteiger partial charge >= 0.3 is 22.9 Å². The minimum Gasteiger partial charge on any atom is -0.508 e. The molecule has 0 spiro atoms. The molecule has 43 heteroatoms. The maximum Gasteiger partial charge on any atom is 0.415 e. The zero-order valence-electron chi connectivity index (χ0n) is 78.0. The van der Waals surface area contributed by atoms with Gasteiger partial charge in [0.15, 0.2) is 42.7 Å². The summed E-state index contributed by atoms with van der Waals surface area (Å²) >= 11 is 32.6. The lowest BCUT2D eigenvalue weighted by Crippen LogP contribution is -2.48. The van der Waals surface area contributed by atoms with Crippen LogP contribution in [0, 0.1) is 14.3 Å². The van der Waals surface area contributed by atoms with Crippen LogP contribution in [0.3, 0.4) is 0 Å². The summed E-state index contributed by atoms with van der Waals surface area (Å²) in [5, 5.41) is 98.5. The molecule has 12 aromatic carbocycles. The number of amides is 4. The lowest BCUT2D eigenvalue weighted by Gasteiger charge is -2.31. The number of nitrogens with zero attached hydrogens (tertiary/aromatic N) is 17. The van der Waals surface area contributed by atoms with Crippen LogP contribution in [-0.2, 0) is 9.59 Å². The first-order valence-corrected chi connectivity index (χ1v) is 47.5. The van der Waals surface area contributed by atoms with Crippen molar-refractivity contribution < 1.29 is 79.7 Å². The summed E-state index contributed by atoms with van der Waals surface area (Å²) < 4.78 is 19.3. The Bertz CT molecular complexity index is 7180. The van der Waals surface area contributed by atoms with Crippen LogP contribution in [0.4, 0.5) is 28.6 Å². The standard InChI is InChI=1S/2C24H23N5O3S.C20H15N3O3S.C18H13N3O2S.2C6H11ClN2O.C2H3ClO.CH4.2FH.H2/c2*1-27-11-13-28(14-12-27)24(31)32-17-9-10-19(21(30)15-17)22-25-26-23(33)29(22)20-8-4-6-16-5-2-3-7-18(16)20;1-12(24)27-20-22-21-19(16-10-9-14(25)11-18(16)26)23(20)17-8-4-6-13-5-2-3-7-15(13)17;22-12-8-9-14(16(23)10-12)17-19-20-18(24)21(17)15-7-3-5-11-4-1-2-6-13(11)15;2*1-8-2-4-9(5-3-8)6(7)10;1-2(3)4;;;;/h2*2-10,15,30H,11-14H2,1H3,(H,26,33);2-11,25-26H,1H3;1-10,22-23H,(H,20,24);2*2-5H2,1H3;1H3;1H4;3*1H. The summed E-state index contributed by atoms with van der Waals surface area (Å²) in [6, 6.07) is 73.7. The Morgan fingerprint density at radius 3 is 0.875 bits per heavy atom. The summed E-state index contributed by atoms with van der Waals surface area (Å²) in [4.78, 5) is 82.3. The number of hydrogen-bond donors (Lipinski definition) is 9. The van der Waals surface area contributed by atoms with E-state index in [1.807, 2.05) is 198 Å². The van der Waals surface area contributed by atoms with Gasteiger partial charge in [0.25, 0.3) is 0 Å². The predicted molar refractivity (Wildman–Crippen MR) is 567 cm³/mol. The van der Waals surface area contributed by atoms with E-state index >= 15 is 0 Å². The van der Waals surface area contributed by atoms with Crippen molar-refractivity contribution in [1.82, 2.24) is 98.3 Å². The first-order valence-electron chi connectivity index (χ1n) is 44.4. The van der Waals surface area contributed by atoms with Crippen LogP contribution in [0.2, 0.25) is 0 Å². The van der Waals surface area contributed by atoms with Gasteiger partial charge in [-0.05, 0) is 206 Å². The molecule has 144 heavy (non-hydrogen) atoms. The Morgan fingerprint density at radius 1 is 0.340 bits per heavy atom. The van der Waals surface area contributed by atoms with E-state index < -0.39 is 12.2 Å². The van der Waals surface area contributed by atoms with Crippen LogP contribution in [0.15, 0.2) is 248 Å². The summed E-state index contributed by atoms with van der Waals surface area (Å²) in [5.74, 6) is 1.96. The summed E-state index contributed by atoms with van der Waals surface area (Å²) in [6.45, 7) is 15.2. The Kier molecular flexibility index (Phi) is 38.8. The van der Waals surface area contributed by atoms with E-state index in [0.29, 0.717) is 91.2 Å². The molecule has 9 N–H and O–H groups in total. The number of ether oxygens (including phenoxy) is 2. The number of nitrogens with one attached hydrogen (secondary N) is 3. The summed E-state index contributed by atoms with van der Waals surface area (Å²) in [6.07, 6.45) is -0.845. The van der Waals surface area contributed by atoms with E-state index in [1.54, 1.807) is 74.3 Å². The molecule has 0 unspecified atom stereocenters. The fourth-order valence-corrected chi connectivity index (χ4v) is 17.4. The number of hydrogen-bond acceptors (Lipinski definition) is 27. The number of phenolic OH excluding ortho intramolecular Hbond substituents is 6. The van der Waals surface area contributed by atoms with Gasteiger partial charge in [0, 0.05) is 166 Å². The number of thioether (sulfide) groups is 1. The second-order valence-corrected chi connectivity index (χ2v) is 36.4. The largest absolute Gasteiger partial charge is 0.508 e. The van der Waals surface area contributed by atoms with Gasteiger partial charge in [-0.2, -0.15) is 15.3 Å². The fraction of sp³-hybridized carbons (Fsp3) is 0.228. The van der Waals surface area contributed by atoms with Gasteiger partial charge in [-0.3, -0.25) is 62.2 Å². The molecule has 0 bridgehead atoms. The number of phenols is 6. The van der Waals surface area contributed by atoms with Crippen molar-refractivity contribution in [3.63, 3.8) is 0 Å². The molecule has 34 nitrogen and oxygen atoms in total. The second kappa shape index (κ2) is 50.9. The number of H-pyrrole nitrogens is 3. The molecule has 0 radical (unpaired) electrons. The third-order valence-electron chi connectivity index (χ3n) is 23.2. The van der Waals surface area contributed by atoms with Crippen molar-refractivity contribution in [1.29, 1.82) is 0 Å². The molecular formula is C101H107Cl3F2N20O14S4. The quantitative estimate of drug-likeness (QED) is 0.0251. The molecule has 4 aromatic heterocycles. The number of likely N-dealkylation sites (N-methyl/N-ethyl adjacent to an activating group) is 4. The zero-order chi connectivity index (χ0) is 100. The highest BCUT2D eigenvalue weighted by Gasteiger charge is 2.29. The molecule has 4 saturated heterocycles.